The Labute approximate surface area is 168 Å². The van der Waals surface area contributed by atoms with E-state index >= 15 is 0 Å². The first-order chi connectivity index (χ1) is 13.9. The van der Waals surface area contributed by atoms with Crippen LogP contribution in [0.1, 0.15) is 35.7 Å². The van der Waals surface area contributed by atoms with Gasteiger partial charge in [-0.15, -0.1) is 0 Å². The van der Waals surface area contributed by atoms with Crippen LogP contribution in [-0.4, -0.2) is 53.2 Å². The number of anilines is 1. The average Bonchev–Trinajstić information content (AvgIpc) is 2.68. The summed E-state index contributed by atoms with van der Waals surface area (Å²) in [5, 5.41) is 12.9. The third-order valence-corrected chi connectivity index (χ3v) is 5.67. The van der Waals surface area contributed by atoms with Crippen LogP contribution in [0.25, 0.3) is 0 Å². The smallest absolute Gasteiger partial charge is 0.322 e. The molecule has 0 radical (unpaired) electrons. The molecular formula is C22H24FN3O3. The first-order valence-corrected chi connectivity index (χ1v) is 9.78. The number of urea groups is 1. The molecule has 7 heteroatoms. The number of para-hydroxylation sites is 1. The molecule has 2 heterocycles. The van der Waals surface area contributed by atoms with E-state index in [1.807, 2.05) is 38.1 Å². The van der Waals surface area contributed by atoms with Gasteiger partial charge in [0.25, 0.3) is 5.91 Å². The molecule has 2 aromatic rings. The van der Waals surface area contributed by atoms with Gasteiger partial charge in [0.2, 0.25) is 0 Å². The highest BCUT2D eigenvalue weighted by atomic mass is 19.1. The second-order valence-corrected chi connectivity index (χ2v) is 7.84. The van der Waals surface area contributed by atoms with E-state index in [1.54, 1.807) is 9.80 Å². The zero-order valence-corrected chi connectivity index (χ0v) is 16.4. The Morgan fingerprint density at radius 1 is 1.17 bits per heavy atom. The molecule has 0 bridgehead atoms. The highest BCUT2D eigenvalue weighted by Crippen LogP contribution is 2.48. The molecule has 0 aliphatic carbocycles. The van der Waals surface area contributed by atoms with E-state index in [4.69, 9.17) is 0 Å². The zero-order valence-electron chi connectivity index (χ0n) is 16.4. The van der Waals surface area contributed by atoms with Crippen molar-refractivity contribution in [2.24, 2.45) is 0 Å². The van der Waals surface area contributed by atoms with E-state index in [0.29, 0.717) is 12.1 Å². The van der Waals surface area contributed by atoms with E-state index < -0.39 is 5.82 Å². The van der Waals surface area contributed by atoms with Crippen molar-refractivity contribution in [3.05, 3.63) is 65.5 Å². The number of rotatable bonds is 3. The summed E-state index contributed by atoms with van der Waals surface area (Å²) in [6.07, 6.45) is 0. The van der Waals surface area contributed by atoms with Crippen molar-refractivity contribution in [3.8, 4) is 0 Å². The number of carbonyl (C=O) groups excluding carboxylic acids is 2. The summed E-state index contributed by atoms with van der Waals surface area (Å²) in [6.45, 7) is 3.95. The third kappa shape index (κ3) is 3.25. The molecule has 29 heavy (non-hydrogen) atoms. The lowest BCUT2D eigenvalue weighted by Crippen LogP contribution is -2.71. The van der Waals surface area contributed by atoms with Crippen LogP contribution in [0.15, 0.2) is 48.5 Å². The summed E-state index contributed by atoms with van der Waals surface area (Å²) < 4.78 is 13.3. The van der Waals surface area contributed by atoms with Crippen molar-refractivity contribution in [2.75, 3.05) is 18.1 Å². The number of hydrogen-bond donors (Lipinski definition) is 2. The van der Waals surface area contributed by atoms with Gasteiger partial charge in [0.05, 0.1) is 18.7 Å². The van der Waals surface area contributed by atoms with Gasteiger partial charge in [-0.25, -0.2) is 9.18 Å². The van der Waals surface area contributed by atoms with E-state index in [1.165, 1.54) is 24.3 Å². The second-order valence-electron chi connectivity index (χ2n) is 7.84. The number of nitrogens with zero attached hydrogens (tertiary/aromatic N) is 2. The Balaban J connectivity index is 1.68. The number of benzene rings is 2. The van der Waals surface area contributed by atoms with E-state index in [0.717, 1.165) is 11.3 Å². The van der Waals surface area contributed by atoms with Crippen molar-refractivity contribution in [3.63, 3.8) is 0 Å². The van der Waals surface area contributed by atoms with Gasteiger partial charge in [-0.1, -0.05) is 18.2 Å². The molecule has 1 fully saturated rings. The monoisotopic (exact) mass is 397 g/mol. The van der Waals surface area contributed by atoms with Gasteiger partial charge in [-0.3, -0.25) is 9.69 Å². The first-order valence-electron chi connectivity index (χ1n) is 9.78. The van der Waals surface area contributed by atoms with E-state index in [9.17, 15) is 19.1 Å². The summed E-state index contributed by atoms with van der Waals surface area (Å²) in [4.78, 5) is 29.2. The van der Waals surface area contributed by atoms with Gasteiger partial charge >= 0.3 is 6.03 Å². The molecule has 3 amide bonds. The lowest BCUT2D eigenvalue weighted by Gasteiger charge is -2.58. The van der Waals surface area contributed by atoms with Crippen molar-refractivity contribution in [1.29, 1.82) is 0 Å². The van der Waals surface area contributed by atoms with Gasteiger partial charge in [0, 0.05) is 29.8 Å². The molecule has 3 atom stereocenters. The molecule has 0 spiro atoms. The van der Waals surface area contributed by atoms with Crippen LogP contribution in [0, 0.1) is 5.82 Å². The van der Waals surface area contributed by atoms with Crippen molar-refractivity contribution in [2.45, 2.75) is 37.9 Å². The largest absolute Gasteiger partial charge is 0.394 e. The van der Waals surface area contributed by atoms with Crippen LogP contribution in [0.2, 0.25) is 0 Å². The van der Waals surface area contributed by atoms with Crippen LogP contribution in [-0.2, 0) is 0 Å². The molecule has 0 saturated carbocycles. The topological polar surface area (TPSA) is 72.9 Å². The molecule has 2 N–H and O–H groups in total. The Hall–Kier alpha value is -2.93. The maximum Gasteiger partial charge on any atom is 0.322 e. The predicted molar refractivity (Wildman–Crippen MR) is 107 cm³/mol. The summed E-state index contributed by atoms with van der Waals surface area (Å²) in [5.74, 6) is -0.734. The lowest BCUT2D eigenvalue weighted by atomic mass is 9.71. The number of likely N-dealkylation sites (tertiary alicyclic amines) is 1. The quantitative estimate of drug-likeness (QED) is 0.837. The molecule has 6 nitrogen and oxygen atoms in total. The molecule has 0 aromatic heterocycles. The third-order valence-electron chi connectivity index (χ3n) is 5.67. The van der Waals surface area contributed by atoms with Crippen molar-refractivity contribution < 1.29 is 19.1 Å². The van der Waals surface area contributed by atoms with Crippen LogP contribution < -0.4 is 10.2 Å². The molecule has 2 aliphatic heterocycles. The van der Waals surface area contributed by atoms with Crippen LogP contribution >= 0.6 is 0 Å². The Morgan fingerprint density at radius 2 is 1.86 bits per heavy atom. The molecule has 152 valence electrons. The molecule has 2 aromatic carbocycles. The molecule has 2 aliphatic rings. The van der Waals surface area contributed by atoms with Gasteiger partial charge in [-0.2, -0.15) is 0 Å². The Bertz CT molecular complexity index is 931. The summed E-state index contributed by atoms with van der Waals surface area (Å²) >= 11 is 0. The predicted octanol–water partition coefficient (Wildman–Crippen LogP) is 2.73. The number of carbonyl (C=O) groups is 2. The number of hydrogen-bond acceptors (Lipinski definition) is 3. The molecule has 1 saturated heterocycles. The number of fused-ring (bicyclic) bond motifs is 3. The summed E-state index contributed by atoms with van der Waals surface area (Å²) in [5.41, 5.74) is 2.12. The normalized spacial score (nSPS) is 22.6. The standard InChI is InChI=1S/C22H24FN3O3/c1-13(2)24-22(29)25-11-18-20(16-5-3-4-6-17(16)25)19(12-27)26(18)21(28)14-7-9-15(23)10-8-14/h3-10,13,18-20,27H,11-12H2,1-2H3,(H,24,29)/t18-,19-,20+/m0/s1. The minimum Gasteiger partial charge on any atom is -0.394 e. The van der Waals surface area contributed by atoms with E-state index in [2.05, 4.69) is 5.32 Å². The molecular weight excluding hydrogens is 373 g/mol. The van der Waals surface area contributed by atoms with Gasteiger partial charge < -0.3 is 15.3 Å². The maximum absolute atomic E-state index is 13.3. The minimum atomic E-state index is -0.412. The molecule has 0 unspecified atom stereocenters. The fourth-order valence-electron chi connectivity index (χ4n) is 4.43. The Morgan fingerprint density at radius 3 is 2.52 bits per heavy atom. The maximum atomic E-state index is 13.3. The lowest BCUT2D eigenvalue weighted by molar-refractivity contribution is -0.0242. The number of aliphatic hydroxyl groups is 1. The van der Waals surface area contributed by atoms with E-state index in [-0.39, 0.29) is 42.6 Å². The van der Waals surface area contributed by atoms with Crippen molar-refractivity contribution in [1.82, 2.24) is 10.2 Å². The number of aliphatic hydroxyl groups excluding tert-OH is 1. The number of amides is 3. The zero-order chi connectivity index (χ0) is 20.7. The van der Waals surface area contributed by atoms with Gasteiger partial charge in [0.1, 0.15) is 5.82 Å². The van der Waals surface area contributed by atoms with Gasteiger partial charge in [0.15, 0.2) is 0 Å². The van der Waals surface area contributed by atoms with Crippen LogP contribution in [0.4, 0.5) is 14.9 Å². The highest BCUT2D eigenvalue weighted by Gasteiger charge is 2.55. The summed E-state index contributed by atoms with van der Waals surface area (Å²) in [6, 6.07) is 12.1. The van der Waals surface area contributed by atoms with Crippen LogP contribution in [0.5, 0.6) is 0 Å². The number of halogens is 1. The SMILES string of the molecule is CC(C)NC(=O)N1C[C@H]2[C@@H](c3ccccc31)[C@H](CO)N2C(=O)c1ccc(F)cc1. The fourth-order valence-corrected chi connectivity index (χ4v) is 4.43. The molecule has 4 rings (SSSR count). The average molecular weight is 397 g/mol. The Kier molecular flexibility index (Phi) is 5.00. The highest BCUT2D eigenvalue weighted by molar-refractivity contribution is 5.98. The number of nitrogens with one attached hydrogen (secondary N) is 1. The summed E-state index contributed by atoms with van der Waals surface area (Å²) in [7, 11) is 0. The first kappa shape index (κ1) is 19.4. The second kappa shape index (κ2) is 7.48. The van der Waals surface area contributed by atoms with Crippen molar-refractivity contribution >= 4 is 17.6 Å². The van der Waals surface area contributed by atoms with Gasteiger partial charge in [-0.05, 0) is 49.7 Å². The minimum absolute atomic E-state index is 0.0177. The fraction of sp³-hybridized carbons (Fsp3) is 0.364. The van der Waals surface area contributed by atoms with Crippen LogP contribution in [0.3, 0.4) is 0 Å².